The third-order valence-electron chi connectivity index (χ3n) is 3.32. The van der Waals surface area contributed by atoms with Gasteiger partial charge in [0.05, 0.1) is 16.8 Å². The quantitative estimate of drug-likeness (QED) is 0.662. The first kappa shape index (κ1) is 16.3. The summed E-state index contributed by atoms with van der Waals surface area (Å²) in [5.74, 6) is 4.67. The number of nitrogen functional groups attached to an aromatic ring is 1. The third-order valence-corrected chi connectivity index (χ3v) is 3.32. The molecule has 7 heteroatoms. The number of hydrogen-bond donors (Lipinski definition) is 2. The molecule has 0 aliphatic carbocycles. The number of anilines is 1. The normalized spacial score (nSPS) is 12.9. The maximum absolute atomic E-state index is 12.9. The predicted octanol–water partition coefficient (Wildman–Crippen LogP) is 2.86. The number of nitrogens with two attached hydrogens (primary N) is 1. The lowest BCUT2D eigenvalue weighted by molar-refractivity contribution is -0.137. The largest absolute Gasteiger partial charge is 0.418 e. The summed E-state index contributed by atoms with van der Waals surface area (Å²) in [7, 11) is 1.55. The Hall–Kier alpha value is -1.76. The van der Waals surface area contributed by atoms with Crippen LogP contribution in [0.1, 0.15) is 36.2 Å². The van der Waals surface area contributed by atoms with E-state index in [1.165, 1.54) is 17.0 Å². The minimum absolute atomic E-state index is 0.0809. The van der Waals surface area contributed by atoms with E-state index < -0.39 is 23.3 Å². The molecular weight excluding hydrogens is 271 g/mol. The molecule has 0 saturated carbocycles. The summed E-state index contributed by atoms with van der Waals surface area (Å²) < 4.78 is 38.7. The summed E-state index contributed by atoms with van der Waals surface area (Å²) in [6.07, 6.45) is -3.88. The van der Waals surface area contributed by atoms with Crippen molar-refractivity contribution in [2.45, 2.75) is 32.5 Å². The van der Waals surface area contributed by atoms with Gasteiger partial charge in [-0.05, 0) is 25.5 Å². The highest BCUT2D eigenvalue weighted by molar-refractivity contribution is 6.00. The molecule has 1 aromatic carbocycles. The van der Waals surface area contributed by atoms with Crippen molar-refractivity contribution in [1.82, 2.24) is 4.90 Å². The lowest BCUT2D eigenvalue weighted by atomic mass is 10.0. The van der Waals surface area contributed by atoms with E-state index in [1.54, 1.807) is 7.05 Å². The fraction of sp³-hybridized carbons (Fsp3) is 0.462. The molecule has 1 rings (SSSR count). The third kappa shape index (κ3) is 3.22. The lowest BCUT2D eigenvalue weighted by Gasteiger charge is -2.25. The molecule has 1 aromatic rings. The van der Waals surface area contributed by atoms with Crippen molar-refractivity contribution in [3.63, 3.8) is 0 Å². The van der Waals surface area contributed by atoms with Crippen LogP contribution >= 0.6 is 0 Å². The number of carbonyl (C=O) groups excluding carboxylic acids is 1. The van der Waals surface area contributed by atoms with Crippen LogP contribution in [0.3, 0.4) is 0 Å². The van der Waals surface area contributed by atoms with E-state index >= 15 is 0 Å². The van der Waals surface area contributed by atoms with E-state index in [4.69, 9.17) is 5.84 Å². The molecule has 0 heterocycles. The Bertz CT molecular complexity index is 488. The predicted molar refractivity (Wildman–Crippen MR) is 71.1 cm³/mol. The summed E-state index contributed by atoms with van der Waals surface area (Å²) in [5.41, 5.74) is 0.546. The summed E-state index contributed by atoms with van der Waals surface area (Å²) in [6, 6.07) is 3.32. The van der Waals surface area contributed by atoms with Gasteiger partial charge >= 0.3 is 6.18 Å². The Labute approximate surface area is 115 Å². The number of amides is 1. The van der Waals surface area contributed by atoms with Gasteiger partial charge in [0.25, 0.3) is 5.91 Å². The van der Waals surface area contributed by atoms with E-state index in [9.17, 15) is 18.0 Å². The number of halogens is 3. The molecule has 0 aliphatic heterocycles. The smallest absolute Gasteiger partial charge is 0.339 e. The molecule has 0 aliphatic rings. The van der Waals surface area contributed by atoms with E-state index in [1.807, 2.05) is 19.3 Å². The first-order chi connectivity index (χ1) is 9.23. The number of benzene rings is 1. The molecular formula is C13H18F3N3O. The topological polar surface area (TPSA) is 58.4 Å². The molecule has 1 atom stereocenters. The van der Waals surface area contributed by atoms with Crippen LogP contribution in [0.4, 0.5) is 18.9 Å². The molecule has 112 valence electrons. The summed E-state index contributed by atoms with van der Waals surface area (Å²) in [4.78, 5) is 13.7. The number of hydrogen-bond acceptors (Lipinski definition) is 3. The molecule has 0 radical (unpaired) electrons. The number of hydrazine groups is 1. The van der Waals surface area contributed by atoms with Crippen LogP contribution < -0.4 is 11.3 Å². The summed E-state index contributed by atoms with van der Waals surface area (Å²) in [6.45, 7) is 3.71. The first-order valence-corrected chi connectivity index (χ1v) is 6.18. The van der Waals surface area contributed by atoms with E-state index in [-0.39, 0.29) is 11.6 Å². The van der Waals surface area contributed by atoms with Crippen molar-refractivity contribution in [3.05, 3.63) is 29.3 Å². The van der Waals surface area contributed by atoms with Crippen molar-refractivity contribution in [2.24, 2.45) is 5.84 Å². The van der Waals surface area contributed by atoms with Gasteiger partial charge in [0.2, 0.25) is 0 Å². The van der Waals surface area contributed by atoms with Crippen molar-refractivity contribution in [2.75, 3.05) is 12.5 Å². The van der Waals surface area contributed by atoms with Gasteiger partial charge in [0, 0.05) is 13.1 Å². The molecule has 1 amide bonds. The molecule has 0 saturated heterocycles. The summed E-state index contributed by atoms with van der Waals surface area (Å²) >= 11 is 0. The number of alkyl halides is 3. The molecule has 0 spiro atoms. The fourth-order valence-electron chi connectivity index (χ4n) is 1.79. The van der Waals surface area contributed by atoms with Crippen molar-refractivity contribution < 1.29 is 18.0 Å². The Morgan fingerprint density at radius 1 is 1.45 bits per heavy atom. The Kier molecular flexibility index (Phi) is 4.99. The molecule has 0 fully saturated rings. The second kappa shape index (κ2) is 6.13. The van der Waals surface area contributed by atoms with Crippen LogP contribution in [0.25, 0.3) is 0 Å². The standard InChI is InChI=1S/C13H18F3N3O/c1-4-8(2)19(3)12(20)9-6-5-7-10(11(9)18-17)13(14,15)16/h5-8,18H,4,17H2,1-3H3. The second-order valence-corrected chi connectivity index (χ2v) is 4.54. The van der Waals surface area contributed by atoms with Gasteiger partial charge in [-0.25, -0.2) is 0 Å². The van der Waals surface area contributed by atoms with Gasteiger partial charge in [-0.1, -0.05) is 13.0 Å². The highest BCUT2D eigenvalue weighted by atomic mass is 19.4. The van der Waals surface area contributed by atoms with E-state index in [0.29, 0.717) is 6.42 Å². The average molecular weight is 289 g/mol. The van der Waals surface area contributed by atoms with Crippen LogP contribution in [0.15, 0.2) is 18.2 Å². The maximum atomic E-state index is 12.9. The zero-order chi connectivity index (χ0) is 15.5. The molecule has 3 N–H and O–H groups in total. The number of rotatable bonds is 4. The number of carbonyl (C=O) groups is 1. The first-order valence-electron chi connectivity index (χ1n) is 6.18. The van der Waals surface area contributed by atoms with Crippen LogP contribution in [0, 0.1) is 0 Å². The molecule has 20 heavy (non-hydrogen) atoms. The van der Waals surface area contributed by atoms with Crippen LogP contribution in [0.5, 0.6) is 0 Å². The van der Waals surface area contributed by atoms with Crippen molar-refractivity contribution in [3.8, 4) is 0 Å². The van der Waals surface area contributed by atoms with E-state index in [2.05, 4.69) is 0 Å². The zero-order valence-corrected chi connectivity index (χ0v) is 11.6. The van der Waals surface area contributed by atoms with Gasteiger partial charge in [0.1, 0.15) is 0 Å². The molecule has 0 aromatic heterocycles. The summed E-state index contributed by atoms with van der Waals surface area (Å²) in [5, 5.41) is 0. The monoisotopic (exact) mass is 289 g/mol. The Balaban J connectivity index is 3.29. The number of nitrogens with one attached hydrogen (secondary N) is 1. The van der Waals surface area contributed by atoms with Gasteiger partial charge in [-0.15, -0.1) is 0 Å². The van der Waals surface area contributed by atoms with Gasteiger partial charge in [-0.2, -0.15) is 13.2 Å². The second-order valence-electron chi connectivity index (χ2n) is 4.54. The fourth-order valence-corrected chi connectivity index (χ4v) is 1.79. The molecule has 0 bridgehead atoms. The molecule has 1 unspecified atom stereocenters. The zero-order valence-electron chi connectivity index (χ0n) is 11.6. The number of para-hydroxylation sites is 1. The van der Waals surface area contributed by atoms with E-state index in [0.717, 1.165) is 6.07 Å². The van der Waals surface area contributed by atoms with Gasteiger partial charge in [0.15, 0.2) is 0 Å². The minimum atomic E-state index is -4.58. The SMILES string of the molecule is CCC(C)N(C)C(=O)c1cccc(C(F)(F)F)c1NN. The lowest BCUT2D eigenvalue weighted by Crippen LogP contribution is -2.35. The maximum Gasteiger partial charge on any atom is 0.418 e. The van der Waals surface area contributed by atoms with Crippen molar-refractivity contribution in [1.29, 1.82) is 0 Å². The highest BCUT2D eigenvalue weighted by Crippen LogP contribution is 2.36. The van der Waals surface area contributed by atoms with Crippen LogP contribution in [-0.2, 0) is 6.18 Å². The van der Waals surface area contributed by atoms with Gasteiger partial charge in [-0.3, -0.25) is 10.6 Å². The van der Waals surface area contributed by atoms with Crippen LogP contribution in [0.2, 0.25) is 0 Å². The Morgan fingerprint density at radius 2 is 2.05 bits per heavy atom. The number of nitrogens with zero attached hydrogens (tertiary/aromatic N) is 1. The average Bonchev–Trinajstić information content (AvgIpc) is 2.42. The highest BCUT2D eigenvalue weighted by Gasteiger charge is 2.35. The minimum Gasteiger partial charge on any atom is -0.339 e. The van der Waals surface area contributed by atoms with Crippen LogP contribution in [-0.4, -0.2) is 23.9 Å². The Morgan fingerprint density at radius 3 is 2.50 bits per heavy atom. The van der Waals surface area contributed by atoms with Crippen molar-refractivity contribution >= 4 is 11.6 Å². The molecule has 4 nitrogen and oxygen atoms in total. The van der Waals surface area contributed by atoms with Gasteiger partial charge < -0.3 is 10.3 Å².